The van der Waals surface area contributed by atoms with Crippen LogP contribution in [0.25, 0.3) is 0 Å². The van der Waals surface area contributed by atoms with Gasteiger partial charge in [-0.2, -0.15) is 0 Å². The van der Waals surface area contributed by atoms with Gasteiger partial charge in [0.05, 0.1) is 0 Å². The lowest BCUT2D eigenvalue weighted by Gasteiger charge is -2.11. The van der Waals surface area contributed by atoms with Crippen molar-refractivity contribution >= 4 is 24.0 Å². The molecule has 1 rings (SSSR count). The molecule has 0 saturated heterocycles. The van der Waals surface area contributed by atoms with Crippen LogP contribution in [0.4, 0.5) is 0 Å². The molecule has 0 radical (unpaired) electrons. The maximum absolute atomic E-state index is 5.90. The number of nitrogens with two attached hydrogens (primary N) is 2. The summed E-state index contributed by atoms with van der Waals surface area (Å²) >= 11 is 5.90. The van der Waals surface area contributed by atoms with Crippen molar-refractivity contribution in [3.05, 3.63) is 34.3 Å². The Balaban J connectivity index is 0.00000169. The molecule has 0 amide bonds. The first-order valence-corrected chi connectivity index (χ1v) is 4.74. The zero-order valence-electron chi connectivity index (χ0n) is 8.16. The van der Waals surface area contributed by atoms with E-state index in [9.17, 15) is 0 Å². The van der Waals surface area contributed by atoms with E-state index in [0.29, 0.717) is 6.54 Å². The predicted molar refractivity (Wildman–Crippen MR) is 64.0 cm³/mol. The summed E-state index contributed by atoms with van der Waals surface area (Å²) in [6.07, 6.45) is 0.807. The highest BCUT2D eigenvalue weighted by Crippen LogP contribution is 2.20. The second-order valence-corrected chi connectivity index (χ2v) is 3.60. The van der Waals surface area contributed by atoms with Crippen LogP contribution in [0.15, 0.2) is 18.2 Å². The van der Waals surface area contributed by atoms with Crippen LogP contribution in [-0.4, -0.2) is 6.54 Å². The van der Waals surface area contributed by atoms with E-state index in [0.717, 1.165) is 22.6 Å². The minimum Gasteiger partial charge on any atom is -0.330 e. The molecule has 0 heterocycles. The second kappa shape index (κ2) is 6.25. The number of hydrogen-bond acceptors (Lipinski definition) is 2. The van der Waals surface area contributed by atoms with E-state index in [1.807, 2.05) is 25.1 Å². The molecule has 1 aromatic rings. The summed E-state index contributed by atoms with van der Waals surface area (Å²) in [4.78, 5) is 0. The van der Waals surface area contributed by atoms with Crippen LogP contribution >= 0.6 is 24.0 Å². The molecule has 0 bridgehead atoms. The number of hydrogen-bond donors (Lipinski definition) is 2. The Bertz CT molecular complexity index is 289. The molecule has 0 spiro atoms. The van der Waals surface area contributed by atoms with Crippen LogP contribution in [0.5, 0.6) is 0 Å². The lowest BCUT2D eigenvalue weighted by Crippen LogP contribution is -2.15. The van der Waals surface area contributed by atoms with E-state index in [1.54, 1.807) is 0 Å². The van der Waals surface area contributed by atoms with Gasteiger partial charge in [0.1, 0.15) is 0 Å². The number of rotatable bonds is 3. The first kappa shape index (κ1) is 13.7. The smallest absolute Gasteiger partial charge is 0.0435 e. The van der Waals surface area contributed by atoms with Gasteiger partial charge in [-0.3, -0.25) is 0 Å². The van der Waals surface area contributed by atoms with Crippen LogP contribution in [0.1, 0.15) is 23.6 Å². The lowest BCUT2D eigenvalue weighted by atomic mass is 10.0. The Morgan fingerprint density at radius 1 is 1.43 bits per heavy atom. The van der Waals surface area contributed by atoms with Crippen molar-refractivity contribution < 1.29 is 0 Å². The molecule has 2 nitrogen and oxygen atoms in total. The van der Waals surface area contributed by atoms with Gasteiger partial charge in [-0.05, 0) is 37.1 Å². The third-order valence-corrected chi connectivity index (χ3v) is 2.51. The summed E-state index contributed by atoms with van der Waals surface area (Å²) in [7, 11) is 0. The summed E-state index contributed by atoms with van der Waals surface area (Å²) < 4.78 is 0. The summed E-state index contributed by atoms with van der Waals surface area (Å²) in [6, 6.07) is 5.88. The van der Waals surface area contributed by atoms with Gasteiger partial charge in [0.25, 0.3) is 0 Å². The molecule has 0 aliphatic heterocycles. The molecular weight excluding hydrogens is 219 g/mol. The van der Waals surface area contributed by atoms with Crippen LogP contribution in [0.2, 0.25) is 5.02 Å². The molecule has 0 aromatic heterocycles. The fourth-order valence-electron chi connectivity index (χ4n) is 1.24. The summed E-state index contributed by atoms with van der Waals surface area (Å²) in [5.74, 6) is 0. The predicted octanol–water partition coefficient (Wildman–Crippen LogP) is 2.42. The highest BCUT2D eigenvalue weighted by atomic mass is 35.5. The van der Waals surface area contributed by atoms with Gasteiger partial charge in [0.15, 0.2) is 0 Å². The normalized spacial score (nSPS) is 12.0. The maximum atomic E-state index is 5.90. The molecule has 4 heteroatoms. The highest BCUT2D eigenvalue weighted by Gasteiger charge is 2.05. The first-order valence-electron chi connectivity index (χ1n) is 4.37. The largest absolute Gasteiger partial charge is 0.330 e. The Morgan fingerprint density at radius 3 is 2.57 bits per heavy atom. The van der Waals surface area contributed by atoms with Crippen molar-refractivity contribution in [1.29, 1.82) is 0 Å². The van der Waals surface area contributed by atoms with Gasteiger partial charge in [-0.25, -0.2) is 0 Å². The van der Waals surface area contributed by atoms with Gasteiger partial charge in [-0.1, -0.05) is 23.7 Å². The first-order chi connectivity index (χ1) is 6.15. The average Bonchev–Trinajstić information content (AvgIpc) is 2.10. The van der Waals surface area contributed by atoms with E-state index in [4.69, 9.17) is 23.1 Å². The molecule has 0 aliphatic carbocycles. The van der Waals surface area contributed by atoms with Crippen molar-refractivity contribution in [3.8, 4) is 0 Å². The van der Waals surface area contributed by atoms with E-state index < -0.39 is 0 Å². The van der Waals surface area contributed by atoms with Crippen molar-refractivity contribution in [3.63, 3.8) is 0 Å². The topological polar surface area (TPSA) is 52.0 Å². The Hall–Kier alpha value is -0.280. The van der Waals surface area contributed by atoms with Gasteiger partial charge in [-0.15, -0.1) is 12.4 Å². The second-order valence-electron chi connectivity index (χ2n) is 3.19. The number of aryl methyl sites for hydroxylation is 1. The van der Waals surface area contributed by atoms with Crippen molar-refractivity contribution in [1.82, 2.24) is 0 Å². The van der Waals surface area contributed by atoms with Crippen molar-refractivity contribution in [2.24, 2.45) is 11.5 Å². The lowest BCUT2D eigenvalue weighted by molar-refractivity contribution is 0.661. The molecule has 4 N–H and O–H groups in total. The quantitative estimate of drug-likeness (QED) is 0.845. The Morgan fingerprint density at radius 2 is 2.07 bits per heavy atom. The van der Waals surface area contributed by atoms with Crippen LogP contribution in [0.3, 0.4) is 0 Å². The molecule has 80 valence electrons. The molecule has 0 unspecified atom stereocenters. The van der Waals surface area contributed by atoms with Gasteiger partial charge < -0.3 is 11.5 Å². The van der Waals surface area contributed by atoms with Crippen LogP contribution < -0.4 is 11.5 Å². The Kier molecular flexibility index (Phi) is 6.12. The van der Waals surface area contributed by atoms with E-state index in [1.165, 1.54) is 0 Å². The minimum absolute atomic E-state index is 0. The Labute approximate surface area is 96.0 Å². The summed E-state index contributed by atoms with van der Waals surface area (Å²) in [6.45, 7) is 2.59. The molecule has 0 fully saturated rings. The van der Waals surface area contributed by atoms with E-state index in [-0.39, 0.29) is 18.4 Å². The fraction of sp³-hybridized carbons (Fsp3) is 0.400. The third-order valence-electron chi connectivity index (χ3n) is 2.09. The fourth-order valence-corrected chi connectivity index (χ4v) is 1.36. The van der Waals surface area contributed by atoms with E-state index >= 15 is 0 Å². The molecule has 1 atom stereocenters. The average molecular weight is 235 g/mol. The van der Waals surface area contributed by atoms with Crippen LogP contribution in [0, 0.1) is 6.92 Å². The van der Waals surface area contributed by atoms with Gasteiger partial charge >= 0.3 is 0 Å². The van der Waals surface area contributed by atoms with Gasteiger partial charge in [0.2, 0.25) is 0 Å². The number of halogens is 2. The zero-order chi connectivity index (χ0) is 9.84. The minimum atomic E-state index is 0. The maximum Gasteiger partial charge on any atom is 0.0435 e. The molecule has 1 aromatic carbocycles. The molecule has 0 saturated carbocycles. The SMILES string of the molecule is Cc1cc([C@H](N)CCN)ccc1Cl.Cl. The molecule has 14 heavy (non-hydrogen) atoms. The van der Waals surface area contributed by atoms with E-state index in [2.05, 4.69) is 0 Å². The zero-order valence-corrected chi connectivity index (χ0v) is 9.74. The van der Waals surface area contributed by atoms with Crippen molar-refractivity contribution in [2.45, 2.75) is 19.4 Å². The highest BCUT2D eigenvalue weighted by molar-refractivity contribution is 6.31. The molecular formula is C10H16Cl2N2. The third kappa shape index (κ3) is 3.46. The summed E-state index contributed by atoms with van der Waals surface area (Å²) in [5, 5.41) is 0.781. The number of benzene rings is 1. The molecule has 0 aliphatic rings. The van der Waals surface area contributed by atoms with Crippen LogP contribution in [-0.2, 0) is 0 Å². The monoisotopic (exact) mass is 234 g/mol. The summed E-state index contributed by atoms with van der Waals surface area (Å²) in [5.41, 5.74) is 13.5. The van der Waals surface area contributed by atoms with Gasteiger partial charge in [0, 0.05) is 11.1 Å². The standard InChI is InChI=1S/C10H15ClN2.ClH/c1-7-6-8(2-3-9(7)11)10(13)4-5-12;/h2-3,6,10H,4-5,12-13H2,1H3;1H/t10-;/m1./s1. The van der Waals surface area contributed by atoms with Crippen molar-refractivity contribution in [2.75, 3.05) is 6.54 Å².